The number of aliphatic hydroxyl groups is 1. The van der Waals surface area contributed by atoms with Crippen molar-refractivity contribution in [2.45, 2.75) is 95.5 Å². The van der Waals surface area contributed by atoms with E-state index in [-0.39, 0.29) is 42.3 Å². The Balaban J connectivity index is 1.55. The van der Waals surface area contributed by atoms with E-state index >= 15 is 0 Å². The maximum absolute atomic E-state index is 12.6. The van der Waals surface area contributed by atoms with Crippen molar-refractivity contribution in [3.8, 4) is 0 Å². The molecule has 2 unspecified atom stereocenters. The van der Waals surface area contributed by atoms with Gasteiger partial charge < -0.3 is 24.8 Å². The number of carboxylic acids is 2. The molecule has 1 heterocycles. The second-order valence-corrected chi connectivity index (χ2v) is 11.3. The molecule has 9 atom stereocenters. The van der Waals surface area contributed by atoms with Gasteiger partial charge in [0.05, 0.1) is 23.7 Å². The molecule has 32 heavy (non-hydrogen) atoms. The van der Waals surface area contributed by atoms with Gasteiger partial charge in [0, 0.05) is 29.8 Å². The quantitative estimate of drug-likeness (QED) is 0.421. The topological polar surface area (TPSA) is 117 Å². The molecular formula is C25H36O7. The van der Waals surface area contributed by atoms with Gasteiger partial charge in [-0.05, 0) is 57.8 Å². The monoisotopic (exact) mass is 448 g/mol. The number of carboxylic acid groups (broad SMARTS) is 2. The van der Waals surface area contributed by atoms with Crippen LogP contribution in [-0.2, 0) is 19.1 Å². The molecule has 0 radical (unpaired) electrons. The lowest BCUT2D eigenvalue weighted by molar-refractivity contribution is -0.160. The first-order valence-electron chi connectivity index (χ1n) is 12.2. The van der Waals surface area contributed by atoms with Crippen LogP contribution in [0.4, 0.5) is 0 Å². The first kappa shape index (κ1) is 22.4. The lowest BCUT2D eigenvalue weighted by Gasteiger charge is -2.59. The predicted molar refractivity (Wildman–Crippen MR) is 115 cm³/mol. The third-order valence-electron chi connectivity index (χ3n) is 10.3. The van der Waals surface area contributed by atoms with E-state index in [1.807, 2.05) is 6.92 Å². The van der Waals surface area contributed by atoms with Crippen LogP contribution >= 0.6 is 0 Å². The summed E-state index contributed by atoms with van der Waals surface area (Å²) in [7, 11) is 0. The average Bonchev–Trinajstić information content (AvgIpc) is 3.38. The van der Waals surface area contributed by atoms with E-state index < -0.39 is 34.5 Å². The molecule has 0 bridgehead atoms. The third-order valence-corrected chi connectivity index (χ3v) is 10.3. The molecule has 1 saturated heterocycles. The smallest absolute Gasteiger partial charge is 0.307 e. The van der Waals surface area contributed by atoms with Gasteiger partial charge in [0.25, 0.3) is 0 Å². The molecule has 0 aromatic heterocycles. The minimum atomic E-state index is -1.10. The Morgan fingerprint density at radius 2 is 1.97 bits per heavy atom. The number of hydrogen-bond donors (Lipinski definition) is 3. The van der Waals surface area contributed by atoms with Gasteiger partial charge in [-0.2, -0.15) is 0 Å². The summed E-state index contributed by atoms with van der Waals surface area (Å²) in [6.07, 6.45) is 6.45. The summed E-state index contributed by atoms with van der Waals surface area (Å²) in [5.74, 6) is -2.44. The van der Waals surface area contributed by atoms with Gasteiger partial charge >= 0.3 is 11.9 Å². The summed E-state index contributed by atoms with van der Waals surface area (Å²) >= 11 is 0. The van der Waals surface area contributed by atoms with Gasteiger partial charge in [0.15, 0.2) is 0 Å². The molecule has 1 spiro atoms. The standard InChI is InChI=1S/C25H36O7/c1-4-31-15-5-8-22(2)14(11-15)12-16(21(28)29)20-17-6-9-24(30,10-7-19(26)27)23(17,3)13-18-25(20,22)32-18/h11,15-18,20,30H,4-10,12-13H2,1-3H3,(H,26,27)(H,28,29)/t15?,16-,17+,18-,20+,22+,23+,24-,25?/m1/s1. The normalized spacial score (nSPS) is 51.0. The van der Waals surface area contributed by atoms with Crippen molar-refractivity contribution in [1.82, 2.24) is 0 Å². The first-order chi connectivity index (χ1) is 15.0. The molecule has 4 fully saturated rings. The summed E-state index contributed by atoms with van der Waals surface area (Å²) < 4.78 is 12.4. The van der Waals surface area contributed by atoms with E-state index in [0.717, 1.165) is 24.8 Å². The number of ether oxygens (including phenoxy) is 2. The van der Waals surface area contributed by atoms with Crippen molar-refractivity contribution < 1.29 is 34.4 Å². The summed E-state index contributed by atoms with van der Waals surface area (Å²) in [5.41, 5.74) is -1.19. The molecule has 7 nitrogen and oxygen atoms in total. The van der Waals surface area contributed by atoms with Crippen LogP contribution in [0, 0.1) is 28.6 Å². The van der Waals surface area contributed by atoms with Crippen molar-refractivity contribution in [2.75, 3.05) is 6.61 Å². The molecule has 4 aliphatic carbocycles. The van der Waals surface area contributed by atoms with Crippen LogP contribution in [0.3, 0.4) is 0 Å². The van der Waals surface area contributed by atoms with Crippen molar-refractivity contribution in [3.05, 3.63) is 11.6 Å². The Morgan fingerprint density at radius 1 is 1.22 bits per heavy atom. The largest absolute Gasteiger partial charge is 0.481 e. The summed E-state index contributed by atoms with van der Waals surface area (Å²) in [5, 5.41) is 31.2. The highest BCUT2D eigenvalue weighted by molar-refractivity contribution is 5.72. The number of rotatable bonds is 6. The Bertz CT molecular complexity index is 868. The van der Waals surface area contributed by atoms with Crippen LogP contribution in [0.25, 0.3) is 0 Å². The number of epoxide rings is 1. The molecule has 3 saturated carbocycles. The second-order valence-electron chi connectivity index (χ2n) is 11.3. The Kier molecular flexibility index (Phi) is 4.91. The summed E-state index contributed by atoms with van der Waals surface area (Å²) in [4.78, 5) is 23.8. The highest BCUT2D eigenvalue weighted by Gasteiger charge is 2.82. The predicted octanol–water partition coefficient (Wildman–Crippen LogP) is 3.39. The molecule has 7 heteroatoms. The van der Waals surface area contributed by atoms with Crippen LogP contribution in [0.1, 0.15) is 72.1 Å². The fourth-order valence-corrected chi connectivity index (χ4v) is 8.56. The van der Waals surface area contributed by atoms with Crippen LogP contribution in [-0.4, -0.2) is 57.3 Å². The van der Waals surface area contributed by atoms with E-state index in [1.54, 1.807) is 0 Å². The highest BCUT2D eigenvalue weighted by Crippen LogP contribution is 2.77. The van der Waals surface area contributed by atoms with Crippen LogP contribution in [0.15, 0.2) is 11.6 Å². The molecule has 0 aromatic carbocycles. The van der Waals surface area contributed by atoms with E-state index in [1.165, 1.54) is 0 Å². The van der Waals surface area contributed by atoms with Crippen molar-refractivity contribution in [3.63, 3.8) is 0 Å². The molecule has 0 amide bonds. The lowest BCUT2D eigenvalue weighted by atomic mass is 9.43. The zero-order chi connectivity index (χ0) is 23.1. The Labute approximate surface area is 189 Å². The van der Waals surface area contributed by atoms with E-state index in [0.29, 0.717) is 25.9 Å². The summed E-state index contributed by atoms with van der Waals surface area (Å²) in [6, 6.07) is 0. The van der Waals surface area contributed by atoms with E-state index in [9.17, 15) is 24.9 Å². The average molecular weight is 449 g/mol. The molecule has 5 rings (SSSR count). The zero-order valence-electron chi connectivity index (χ0n) is 19.3. The molecule has 3 N–H and O–H groups in total. The second kappa shape index (κ2) is 7.03. The fourth-order valence-electron chi connectivity index (χ4n) is 8.56. The van der Waals surface area contributed by atoms with E-state index in [4.69, 9.17) is 9.47 Å². The number of fused-ring (bicyclic) bond motifs is 3. The molecule has 1 aliphatic heterocycles. The van der Waals surface area contributed by atoms with Crippen molar-refractivity contribution >= 4 is 11.9 Å². The number of hydrogen-bond acceptors (Lipinski definition) is 5. The van der Waals surface area contributed by atoms with E-state index in [2.05, 4.69) is 19.9 Å². The van der Waals surface area contributed by atoms with Crippen molar-refractivity contribution in [2.24, 2.45) is 28.6 Å². The summed E-state index contributed by atoms with van der Waals surface area (Å²) in [6.45, 7) is 6.92. The molecule has 178 valence electrons. The maximum atomic E-state index is 12.6. The van der Waals surface area contributed by atoms with Crippen LogP contribution in [0.2, 0.25) is 0 Å². The van der Waals surface area contributed by atoms with Crippen molar-refractivity contribution in [1.29, 1.82) is 0 Å². The van der Waals surface area contributed by atoms with Crippen LogP contribution < -0.4 is 0 Å². The molecule has 5 aliphatic rings. The molecule has 0 aromatic rings. The minimum absolute atomic E-state index is 0.00383. The van der Waals surface area contributed by atoms with Crippen LogP contribution in [0.5, 0.6) is 0 Å². The van der Waals surface area contributed by atoms with Gasteiger partial charge in [-0.25, -0.2) is 0 Å². The zero-order valence-corrected chi connectivity index (χ0v) is 19.3. The minimum Gasteiger partial charge on any atom is -0.481 e. The van der Waals surface area contributed by atoms with Gasteiger partial charge in [0.2, 0.25) is 0 Å². The number of aliphatic carboxylic acids is 2. The maximum Gasteiger partial charge on any atom is 0.307 e. The van der Waals surface area contributed by atoms with Gasteiger partial charge in [-0.15, -0.1) is 0 Å². The van der Waals surface area contributed by atoms with Gasteiger partial charge in [-0.3, -0.25) is 9.59 Å². The third kappa shape index (κ3) is 2.70. The lowest BCUT2D eigenvalue weighted by Crippen LogP contribution is -2.63. The highest BCUT2D eigenvalue weighted by atomic mass is 16.6. The fraction of sp³-hybridized carbons (Fsp3) is 0.840. The Morgan fingerprint density at radius 3 is 2.62 bits per heavy atom. The number of carbonyl (C=O) groups is 2. The van der Waals surface area contributed by atoms with Gasteiger partial charge in [-0.1, -0.05) is 25.5 Å². The first-order valence-corrected chi connectivity index (χ1v) is 12.2. The van der Waals surface area contributed by atoms with Gasteiger partial charge in [0.1, 0.15) is 5.60 Å². The molecular weight excluding hydrogens is 412 g/mol. The Hall–Kier alpha value is -1.44. The SMILES string of the molecule is CCOC1C=C2C[C@@H](C(=O)O)[C@H]3[C@@H]4CC[C@@](O)(CCC(=O)O)[C@@]4(C)C[C@H]4OC34[C@@]2(C)CC1.